The fourth-order valence-corrected chi connectivity index (χ4v) is 3.84. The molecule has 2 heterocycles. The molecule has 1 aromatic carbocycles. The first kappa shape index (κ1) is 17.5. The maximum Gasteiger partial charge on any atom is 0.259 e. The van der Waals surface area contributed by atoms with Crippen LogP contribution in [0.25, 0.3) is 0 Å². The van der Waals surface area contributed by atoms with E-state index < -0.39 is 0 Å². The van der Waals surface area contributed by atoms with Crippen LogP contribution in [0.15, 0.2) is 30.3 Å². The van der Waals surface area contributed by atoms with Crippen molar-refractivity contribution >= 4 is 11.7 Å². The van der Waals surface area contributed by atoms with Gasteiger partial charge in [-0.05, 0) is 51.0 Å². The van der Waals surface area contributed by atoms with Crippen LogP contribution in [0.4, 0.5) is 5.82 Å². The van der Waals surface area contributed by atoms with Crippen LogP contribution in [0.2, 0.25) is 0 Å². The first-order valence-corrected chi connectivity index (χ1v) is 9.22. The van der Waals surface area contributed by atoms with Crippen molar-refractivity contribution < 1.29 is 4.79 Å². The lowest BCUT2D eigenvalue weighted by Gasteiger charge is -2.36. The number of amides is 1. The number of nitrogens with zero attached hydrogens (tertiary/aromatic N) is 3. The Hall–Kier alpha value is -2.30. The van der Waals surface area contributed by atoms with E-state index in [0.717, 1.165) is 44.3 Å². The van der Waals surface area contributed by atoms with Crippen molar-refractivity contribution in [1.29, 1.82) is 0 Å². The van der Waals surface area contributed by atoms with Gasteiger partial charge in [0, 0.05) is 19.6 Å². The number of hydrogen-bond donors (Lipinski definition) is 1. The molecular formula is C20H28N4O. The Morgan fingerprint density at radius 3 is 2.72 bits per heavy atom. The summed E-state index contributed by atoms with van der Waals surface area (Å²) < 4.78 is 1.59. The van der Waals surface area contributed by atoms with E-state index in [1.54, 1.807) is 11.7 Å². The highest BCUT2D eigenvalue weighted by atomic mass is 16.2. The van der Waals surface area contributed by atoms with Crippen molar-refractivity contribution in [2.24, 2.45) is 7.05 Å². The first-order chi connectivity index (χ1) is 12.1. The summed E-state index contributed by atoms with van der Waals surface area (Å²) >= 11 is 0. The van der Waals surface area contributed by atoms with Gasteiger partial charge in [0.1, 0.15) is 11.4 Å². The van der Waals surface area contributed by atoms with Crippen LogP contribution in [-0.4, -0.2) is 33.2 Å². The molecule has 5 nitrogen and oxygen atoms in total. The quantitative estimate of drug-likeness (QED) is 0.908. The topological polar surface area (TPSA) is 64.2 Å². The third-order valence-electron chi connectivity index (χ3n) is 5.21. The van der Waals surface area contributed by atoms with Crippen LogP contribution < -0.4 is 5.73 Å². The summed E-state index contributed by atoms with van der Waals surface area (Å²) in [5, 5.41) is 4.30. The number of benzene rings is 1. The van der Waals surface area contributed by atoms with Crippen LogP contribution in [0.5, 0.6) is 0 Å². The Morgan fingerprint density at radius 2 is 2.04 bits per heavy atom. The highest BCUT2D eigenvalue weighted by Gasteiger charge is 2.30. The molecule has 1 unspecified atom stereocenters. The molecule has 0 saturated carbocycles. The molecule has 5 heteroatoms. The minimum absolute atomic E-state index is 0.0486. The number of nitrogen functional groups attached to an aromatic ring is 1. The van der Waals surface area contributed by atoms with Crippen LogP contribution in [0.1, 0.15) is 53.7 Å². The molecular weight excluding hydrogens is 312 g/mol. The molecule has 1 aromatic heterocycles. The fourth-order valence-electron chi connectivity index (χ4n) is 3.84. The van der Waals surface area contributed by atoms with Gasteiger partial charge in [-0.2, -0.15) is 5.10 Å². The van der Waals surface area contributed by atoms with Gasteiger partial charge in [-0.25, -0.2) is 0 Å². The lowest BCUT2D eigenvalue weighted by molar-refractivity contribution is 0.0599. The Labute approximate surface area is 149 Å². The van der Waals surface area contributed by atoms with E-state index in [9.17, 15) is 4.79 Å². The zero-order valence-corrected chi connectivity index (χ0v) is 15.2. The molecule has 1 aliphatic rings. The molecule has 1 amide bonds. The van der Waals surface area contributed by atoms with Gasteiger partial charge in [0.25, 0.3) is 5.91 Å². The van der Waals surface area contributed by atoms with Crippen LogP contribution in [-0.2, 0) is 13.5 Å². The molecule has 2 aromatic rings. The molecule has 25 heavy (non-hydrogen) atoms. The second-order valence-corrected chi connectivity index (χ2v) is 7.00. The van der Waals surface area contributed by atoms with E-state index in [4.69, 9.17) is 5.73 Å². The third-order valence-corrected chi connectivity index (χ3v) is 5.21. The van der Waals surface area contributed by atoms with E-state index in [-0.39, 0.29) is 5.91 Å². The van der Waals surface area contributed by atoms with Gasteiger partial charge in [-0.3, -0.25) is 9.48 Å². The summed E-state index contributed by atoms with van der Waals surface area (Å²) in [5.41, 5.74) is 8.75. The molecule has 0 bridgehead atoms. The number of hydrogen-bond acceptors (Lipinski definition) is 3. The Kier molecular flexibility index (Phi) is 5.41. The van der Waals surface area contributed by atoms with Crippen LogP contribution >= 0.6 is 0 Å². The van der Waals surface area contributed by atoms with E-state index >= 15 is 0 Å². The number of carbonyl (C=O) groups is 1. The normalized spacial score (nSPS) is 17.7. The summed E-state index contributed by atoms with van der Waals surface area (Å²) in [6, 6.07) is 10.9. The second kappa shape index (κ2) is 7.72. The number of likely N-dealkylation sites (tertiary alicyclic amines) is 1. The number of anilines is 1. The van der Waals surface area contributed by atoms with Crippen LogP contribution in [0.3, 0.4) is 0 Å². The van der Waals surface area contributed by atoms with Gasteiger partial charge in [-0.1, -0.05) is 30.3 Å². The summed E-state index contributed by atoms with van der Waals surface area (Å²) in [6.45, 7) is 2.68. The highest BCUT2D eigenvalue weighted by Crippen LogP contribution is 2.26. The average Bonchev–Trinajstić information content (AvgIpc) is 2.88. The van der Waals surface area contributed by atoms with Crippen molar-refractivity contribution in [1.82, 2.24) is 14.7 Å². The van der Waals surface area contributed by atoms with Gasteiger partial charge in [-0.15, -0.1) is 0 Å². The molecule has 1 atom stereocenters. The zero-order valence-electron chi connectivity index (χ0n) is 15.2. The monoisotopic (exact) mass is 340 g/mol. The van der Waals surface area contributed by atoms with E-state index in [1.807, 2.05) is 17.9 Å². The fraction of sp³-hybridized carbons (Fsp3) is 0.500. The summed E-state index contributed by atoms with van der Waals surface area (Å²) in [7, 11) is 1.78. The van der Waals surface area contributed by atoms with Crippen molar-refractivity contribution in [3.05, 3.63) is 47.2 Å². The number of aromatic nitrogens is 2. The Morgan fingerprint density at radius 1 is 1.28 bits per heavy atom. The van der Waals surface area contributed by atoms with Gasteiger partial charge in [0.05, 0.1) is 5.69 Å². The summed E-state index contributed by atoms with van der Waals surface area (Å²) in [6.07, 6.45) is 6.55. The predicted octanol–water partition coefficient (Wildman–Crippen LogP) is 3.33. The predicted molar refractivity (Wildman–Crippen MR) is 100 cm³/mol. The van der Waals surface area contributed by atoms with Crippen molar-refractivity contribution in [2.45, 2.75) is 51.5 Å². The standard InChI is InChI=1S/C20H28N4O/c1-15-18(19(21)23(2)22-15)20(25)24-14-7-6-12-17(24)13-8-11-16-9-4-3-5-10-16/h3-5,9-10,17H,6-8,11-14,21H2,1-2H3. The summed E-state index contributed by atoms with van der Waals surface area (Å²) in [5.74, 6) is 0.517. The SMILES string of the molecule is Cc1nn(C)c(N)c1C(=O)N1CCCCC1CCCc1ccccc1. The van der Waals surface area contributed by atoms with Gasteiger partial charge < -0.3 is 10.6 Å². The van der Waals surface area contributed by atoms with E-state index in [0.29, 0.717) is 17.4 Å². The Bertz CT molecular complexity index is 723. The van der Waals surface area contributed by atoms with Crippen LogP contribution in [0, 0.1) is 6.92 Å². The number of aryl methyl sites for hydroxylation is 3. The molecule has 0 aliphatic carbocycles. The largest absolute Gasteiger partial charge is 0.383 e. The summed E-state index contributed by atoms with van der Waals surface area (Å²) in [4.78, 5) is 15.1. The lowest BCUT2D eigenvalue weighted by Crippen LogP contribution is -2.44. The maximum absolute atomic E-state index is 13.1. The number of piperidine rings is 1. The Balaban J connectivity index is 1.67. The van der Waals surface area contributed by atoms with Crippen molar-refractivity contribution in [2.75, 3.05) is 12.3 Å². The maximum atomic E-state index is 13.1. The number of nitrogens with two attached hydrogens (primary N) is 1. The van der Waals surface area contributed by atoms with Gasteiger partial charge >= 0.3 is 0 Å². The van der Waals surface area contributed by atoms with Crippen molar-refractivity contribution in [3.8, 4) is 0 Å². The number of rotatable bonds is 5. The van der Waals surface area contributed by atoms with Gasteiger partial charge in [0.2, 0.25) is 0 Å². The number of carbonyl (C=O) groups excluding carboxylic acids is 1. The van der Waals surface area contributed by atoms with Gasteiger partial charge in [0.15, 0.2) is 0 Å². The third kappa shape index (κ3) is 3.86. The molecule has 1 fully saturated rings. The highest BCUT2D eigenvalue weighted by molar-refractivity contribution is 5.99. The van der Waals surface area contributed by atoms with E-state index in [1.165, 1.54) is 12.0 Å². The molecule has 0 spiro atoms. The average molecular weight is 340 g/mol. The molecule has 1 aliphatic heterocycles. The molecule has 3 rings (SSSR count). The molecule has 0 radical (unpaired) electrons. The zero-order chi connectivity index (χ0) is 17.8. The minimum Gasteiger partial charge on any atom is -0.383 e. The molecule has 134 valence electrons. The first-order valence-electron chi connectivity index (χ1n) is 9.22. The smallest absolute Gasteiger partial charge is 0.259 e. The molecule has 1 saturated heterocycles. The van der Waals surface area contributed by atoms with E-state index in [2.05, 4.69) is 29.4 Å². The lowest BCUT2D eigenvalue weighted by atomic mass is 9.95. The minimum atomic E-state index is 0.0486. The second-order valence-electron chi connectivity index (χ2n) is 7.00. The van der Waals surface area contributed by atoms with Crippen molar-refractivity contribution in [3.63, 3.8) is 0 Å². The molecule has 2 N–H and O–H groups in total.